The Morgan fingerprint density at radius 3 is 2.02 bits per heavy atom. The molecule has 0 unspecified atom stereocenters. The minimum absolute atomic E-state index is 0. The number of aliphatic hydroxyl groups excluding tert-OH is 3. The number of hydrogen-bond acceptors (Lipinski definition) is 14. The Balaban J connectivity index is 0.00000936. The summed E-state index contributed by atoms with van der Waals surface area (Å²) in [7, 11) is 5.18. The fourth-order valence-corrected chi connectivity index (χ4v) is 8.41. The first-order chi connectivity index (χ1) is 23.4. The van der Waals surface area contributed by atoms with Crippen molar-refractivity contribution in [2.45, 2.75) is 179 Å². The van der Waals surface area contributed by atoms with Gasteiger partial charge >= 0.3 is 5.97 Å². The molecule has 18 atom stereocenters. The van der Waals surface area contributed by atoms with E-state index in [2.05, 4.69) is 0 Å². The van der Waals surface area contributed by atoms with Gasteiger partial charge in [-0.2, -0.15) is 0 Å². The molecule has 0 radical (unpaired) electrons. The molecular formula is C37H68ClNO13. The van der Waals surface area contributed by atoms with E-state index in [1.165, 1.54) is 27.9 Å². The van der Waals surface area contributed by atoms with Crippen LogP contribution in [0.5, 0.6) is 0 Å². The lowest BCUT2D eigenvalue weighted by Gasteiger charge is -2.49. The lowest BCUT2D eigenvalue weighted by atomic mass is 9.74. The van der Waals surface area contributed by atoms with Gasteiger partial charge in [-0.25, -0.2) is 0 Å². The molecule has 52 heavy (non-hydrogen) atoms. The first-order valence-corrected chi connectivity index (χ1v) is 18.5. The highest BCUT2D eigenvalue weighted by Gasteiger charge is 2.53. The fraction of sp³-hybridized carbons (Fsp3) is 0.946. The number of carbonyl (C=O) groups is 2. The average Bonchev–Trinajstić information content (AvgIpc) is 3.05. The van der Waals surface area contributed by atoms with Crippen LogP contribution >= 0.6 is 12.4 Å². The van der Waals surface area contributed by atoms with Gasteiger partial charge in [-0.1, -0.05) is 27.7 Å². The Morgan fingerprint density at radius 2 is 1.48 bits per heavy atom. The third-order valence-corrected chi connectivity index (χ3v) is 11.8. The molecule has 3 aliphatic rings. The van der Waals surface area contributed by atoms with Crippen molar-refractivity contribution < 1.29 is 63.5 Å². The van der Waals surface area contributed by atoms with Gasteiger partial charge in [0, 0.05) is 37.3 Å². The van der Waals surface area contributed by atoms with Gasteiger partial charge in [0.2, 0.25) is 0 Å². The number of methoxy groups -OCH3 is 1. The molecule has 5 N–H and O–H groups in total. The molecule has 14 nitrogen and oxygen atoms in total. The van der Waals surface area contributed by atoms with Crippen molar-refractivity contribution >= 4 is 24.2 Å². The molecule has 3 saturated heterocycles. The van der Waals surface area contributed by atoms with Crippen molar-refractivity contribution in [3.05, 3.63) is 0 Å². The number of rotatable bonds is 7. The maximum Gasteiger partial charge on any atom is 0.311 e. The number of nitrogens with zero attached hydrogens (tertiary/aromatic N) is 1. The van der Waals surface area contributed by atoms with E-state index in [1.807, 2.05) is 25.9 Å². The van der Waals surface area contributed by atoms with E-state index in [4.69, 9.17) is 28.4 Å². The number of hydrogen-bond donors (Lipinski definition) is 5. The highest BCUT2D eigenvalue weighted by Crippen LogP contribution is 2.40. The summed E-state index contributed by atoms with van der Waals surface area (Å²) in [5.41, 5.74) is -4.84. The lowest BCUT2D eigenvalue weighted by Crippen LogP contribution is -2.61. The maximum atomic E-state index is 14.1. The van der Waals surface area contributed by atoms with Crippen LogP contribution < -0.4 is 0 Å². The molecule has 3 rings (SSSR count). The van der Waals surface area contributed by atoms with Gasteiger partial charge in [-0.15, -0.1) is 12.4 Å². The summed E-state index contributed by atoms with van der Waals surface area (Å²) in [6, 6.07) is -0.324. The Labute approximate surface area is 316 Å². The monoisotopic (exact) mass is 769 g/mol. The van der Waals surface area contributed by atoms with Crippen LogP contribution in [0, 0.1) is 23.7 Å². The van der Waals surface area contributed by atoms with Gasteiger partial charge < -0.3 is 58.9 Å². The zero-order chi connectivity index (χ0) is 39.0. The summed E-state index contributed by atoms with van der Waals surface area (Å²) >= 11 is 0. The van der Waals surface area contributed by atoms with Crippen molar-refractivity contribution in [2.24, 2.45) is 23.7 Å². The number of aliphatic hydroxyl groups is 5. The molecule has 15 heteroatoms. The van der Waals surface area contributed by atoms with E-state index < -0.39 is 108 Å². The van der Waals surface area contributed by atoms with Gasteiger partial charge in [0.1, 0.15) is 29.7 Å². The largest absolute Gasteiger partial charge is 0.459 e. The number of ether oxygens (including phenoxy) is 6. The second kappa shape index (κ2) is 18.3. The molecule has 0 aromatic heterocycles. The number of likely N-dealkylation sites (N-methyl/N-ethyl adjacent to an activating group) is 1. The predicted octanol–water partition coefficient (Wildman–Crippen LogP) is 2.21. The minimum Gasteiger partial charge on any atom is -0.459 e. The lowest BCUT2D eigenvalue weighted by molar-refractivity contribution is -0.318. The normalized spacial score (nSPS) is 48.8. The summed E-state index contributed by atoms with van der Waals surface area (Å²) in [6.45, 7) is 16.3. The summed E-state index contributed by atoms with van der Waals surface area (Å²) in [4.78, 5) is 29.8. The van der Waals surface area contributed by atoms with Crippen LogP contribution in [0.25, 0.3) is 0 Å². The highest BCUT2D eigenvalue weighted by molar-refractivity contribution is 5.85. The second-order valence-corrected chi connectivity index (χ2v) is 16.5. The van der Waals surface area contributed by atoms with Gasteiger partial charge in [-0.05, 0) is 74.9 Å². The van der Waals surface area contributed by atoms with Crippen molar-refractivity contribution in [3.8, 4) is 0 Å². The highest BCUT2D eigenvalue weighted by atomic mass is 35.5. The molecule has 0 aliphatic carbocycles. The van der Waals surface area contributed by atoms with Crippen molar-refractivity contribution in [1.29, 1.82) is 0 Å². The first-order valence-electron chi connectivity index (χ1n) is 18.5. The number of esters is 1. The SMILES string of the molecule is CC[C@H]1OC(=O)[C@H](C)[C@@H](O[C@H]2C[C@@](C)(OC)[C@@H](O)[C@H](C)O2)[C@@H](C)[C@@H](O[C@@H]2O[C@H](C)C[C@H](N(C)C)[C@H]2O)[C@](C)(O)C[C@@H](C)C(=O)[C@H](C)[C@@H](O)[C@]1(C)O.Cl. The number of ketones is 1. The second-order valence-electron chi connectivity index (χ2n) is 16.5. The van der Waals surface area contributed by atoms with E-state index in [9.17, 15) is 35.1 Å². The molecular weight excluding hydrogens is 702 g/mol. The predicted molar refractivity (Wildman–Crippen MR) is 194 cm³/mol. The van der Waals surface area contributed by atoms with E-state index in [0.717, 1.165) is 0 Å². The molecule has 0 spiro atoms. The van der Waals surface area contributed by atoms with E-state index in [1.54, 1.807) is 41.5 Å². The van der Waals surface area contributed by atoms with Gasteiger partial charge in [0.25, 0.3) is 0 Å². The van der Waals surface area contributed by atoms with Gasteiger partial charge in [0.05, 0.1) is 47.6 Å². The standard InChI is InChI=1S/C37H67NO13.ClH/c1-14-25-37(10,45)30(41)20(4)27(39)18(2)16-35(8,44)32(51-34-28(40)24(38(11)12)15-19(3)47-34)21(5)29(22(6)33(43)49-25)50-26-17-36(9,46-13)31(42)23(7)48-26;/h18-26,28-32,34,40-42,44-45H,14-17H2,1-13H3;1H/t18-,19-,20+,21-,22-,23+,24+,25-,26+,28-,29+,30-,31+,32-,34+,35-,36-,37-;/m1./s1. The third-order valence-electron chi connectivity index (χ3n) is 11.8. The fourth-order valence-electron chi connectivity index (χ4n) is 8.41. The summed E-state index contributed by atoms with van der Waals surface area (Å²) in [5, 5.41) is 57.6. The van der Waals surface area contributed by atoms with E-state index >= 15 is 0 Å². The zero-order valence-electron chi connectivity index (χ0n) is 33.3. The molecule has 306 valence electrons. The van der Waals surface area contributed by atoms with Crippen molar-refractivity contribution in [1.82, 2.24) is 4.90 Å². The summed E-state index contributed by atoms with van der Waals surface area (Å²) in [5.74, 6) is -4.98. The molecule has 3 aliphatic heterocycles. The Hall–Kier alpha value is -1.01. The number of cyclic esters (lactones) is 1. The molecule has 0 bridgehead atoms. The number of Topliss-reactive ketones (excluding diaryl/α,β-unsaturated/α-hetero) is 1. The van der Waals surface area contributed by atoms with E-state index in [0.29, 0.717) is 6.42 Å². The molecule has 0 aromatic carbocycles. The van der Waals surface area contributed by atoms with Crippen molar-refractivity contribution in [2.75, 3.05) is 21.2 Å². The Morgan fingerprint density at radius 1 is 0.885 bits per heavy atom. The van der Waals surface area contributed by atoms with Crippen LogP contribution in [0.3, 0.4) is 0 Å². The third kappa shape index (κ3) is 10.0. The molecule has 0 aromatic rings. The van der Waals surface area contributed by atoms with E-state index in [-0.39, 0.29) is 43.8 Å². The number of carbonyl (C=O) groups excluding carboxylic acids is 2. The average molecular weight is 770 g/mol. The van der Waals surface area contributed by atoms with Gasteiger partial charge in [-0.3, -0.25) is 9.59 Å². The molecule has 3 fully saturated rings. The Bertz CT molecular complexity index is 1170. The molecule has 0 amide bonds. The maximum absolute atomic E-state index is 14.1. The zero-order valence-corrected chi connectivity index (χ0v) is 34.2. The quantitative estimate of drug-likeness (QED) is 0.237. The topological polar surface area (TPSA) is 194 Å². The first kappa shape index (κ1) is 47.1. The molecule has 3 heterocycles. The Kier molecular flexibility index (Phi) is 16.6. The van der Waals surface area contributed by atoms with Crippen LogP contribution in [-0.2, 0) is 38.0 Å². The smallest absolute Gasteiger partial charge is 0.311 e. The van der Waals surface area contributed by atoms with Crippen LogP contribution in [0.15, 0.2) is 0 Å². The summed E-state index contributed by atoms with van der Waals surface area (Å²) < 4.78 is 37.1. The van der Waals surface area contributed by atoms with Crippen LogP contribution in [0.2, 0.25) is 0 Å². The number of halogens is 1. The minimum atomic E-state index is -1.99. The van der Waals surface area contributed by atoms with Crippen LogP contribution in [0.4, 0.5) is 0 Å². The van der Waals surface area contributed by atoms with Crippen LogP contribution in [0.1, 0.15) is 94.9 Å². The summed E-state index contributed by atoms with van der Waals surface area (Å²) in [6.07, 6.45) is -9.71. The molecule has 0 saturated carbocycles. The van der Waals surface area contributed by atoms with Gasteiger partial charge in [0.15, 0.2) is 12.6 Å². The van der Waals surface area contributed by atoms with Crippen LogP contribution in [-0.4, -0.2) is 148 Å². The van der Waals surface area contributed by atoms with Crippen molar-refractivity contribution in [3.63, 3.8) is 0 Å².